The first kappa shape index (κ1) is 68.1. The number of amides is 3. The summed E-state index contributed by atoms with van der Waals surface area (Å²) < 4.78 is 10.3. The van der Waals surface area contributed by atoms with Crippen LogP contribution in [0.3, 0.4) is 0 Å². The molecule has 0 saturated carbocycles. The zero-order valence-electron chi connectivity index (χ0n) is 44.5. The molecule has 10 N–H and O–H groups in total. The summed E-state index contributed by atoms with van der Waals surface area (Å²) in [6.07, 6.45) is 5.78. The third-order valence-electron chi connectivity index (χ3n) is 8.85. The van der Waals surface area contributed by atoms with Crippen molar-refractivity contribution in [3.05, 3.63) is 181 Å². The summed E-state index contributed by atoms with van der Waals surface area (Å²) in [6, 6.07) is 28.3. The van der Waals surface area contributed by atoms with Gasteiger partial charge < -0.3 is 42.2 Å². The first-order chi connectivity index (χ1) is 39.0. The van der Waals surface area contributed by atoms with Crippen molar-refractivity contribution in [1.29, 1.82) is 0 Å². The van der Waals surface area contributed by atoms with Gasteiger partial charge in [0, 0.05) is 45.5 Å². The van der Waals surface area contributed by atoms with Crippen molar-refractivity contribution >= 4 is 185 Å². The van der Waals surface area contributed by atoms with Crippen LogP contribution in [-0.4, -0.2) is 69.2 Å². The average Bonchev–Trinajstić information content (AvgIpc) is 3.47. The standard InChI is InChI=1S/C15H16Cl2N4O2.C13H10Cl2N4O.C11H16N2O2.C10H8Cl2N4.C4HCl3N2/c1-15(2,3)23-14(22)20-10-6-4-5-9(7-10)19-12-11(16)8-18-13(17)21-12;1-2-11(20)17-8-4-3-5-9(6-8)18-12-10(14)7-16-13(15)19-12;1-11(2,3)15-10(14)13-9-6-4-5-8(12)7-9;11-8-5-14-10(12)16-9(8)15-7-3-1-2-6(13)4-7;5-2-1-8-4(7)9-3(2)6/h4-8H,1-3H3,(H,20,22)(H,18,19,21);2-7H,1H2,(H,17,20)(H,16,18,19);4-7H,12H2,1-3H3,(H,13,14);1-5H,13H2,(H,14,15,16);1H. The van der Waals surface area contributed by atoms with Crippen molar-refractivity contribution < 1.29 is 23.9 Å². The Labute approximate surface area is 522 Å². The van der Waals surface area contributed by atoms with Crippen LogP contribution in [0.5, 0.6) is 0 Å². The highest BCUT2D eigenvalue weighted by atomic mass is 35.5. The van der Waals surface area contributed by atoms with Crippen LogP contribution in [0.4, 0.5) is 72.5 Å². The van der Waals surface area contributed by atoms with E-state index >= 15 is 0 Å². The maximum Gasteiger partial charge on any atom is 0.412 e. The Bertz CT molecular complexity index is 3510. The molecule has 0 aliphatic heterocycles. The van der Waals surface area contributed by atoms with Crippen molar-refractivity contribution in [2.45, 2.75) is 52.7 Å². The maximum atomic E-state index is 11.8. The van der Waals surface area contributed by atoms with Gasteiger partial charge in [-0.05, 0) is 167 Å². The number of nitrogen functional groups attached to an aromatic ring is 2. The Morgan fingerprint density at radius 2 is 0.747 bits per heavy atom. The summed E-state index contributed by atoms with van der Waals surface area (Å²) in [5.74, 6) is 0.928. The Kier molecular flexibility index (Phi) is 27.1. The molecule has 0 bridgehead atoms. The van der Waals surface area contributed by atoms with E-state index < -0.39 is 23.4 Å². The lowest BCUT2D eigenvalue weighted by Crippen LogP contribution is -2.27. The van der Waals surface area contributed by atoms with E-state index in [1.807, 2.05) is 32.9 Å². The molecule has 0 saturated heterocycles. The van der Waals surface area contributed by atoms with Gasteiger partial charge in [-0.15, -0.1) is 0 Å². The number of nitrogens with two attached hydrogens (primary N) is 2. The molecule has 4 aromatic heterocycles. The van der Waals surface area contributed by atoms with Crippen LogP contribution in [-0.2, 0) is 14.3 Å². The minimum Gasteiger partial charge on any atom is -0.444 e. The smallest absolute Gasteiger partial charge is 0.412 e. The Hall–Kier alpha value is -7.44. The molecule has 0 atom stereocenters. The van der Waals surface area contributed by atoms with Gasteiger partial charge in [-0.3, -0.25) is 15.4 Å². The van der Waals surface area contributed by atoms with E-state index in [2.05, 4.69) is 78.4 Å². The molecule has 83 heavy (non-hydrogen) atoms. The van der Waals surface area contributed by atoms with Crippen LogP contribution >= 0.6 is 104 Å². The Morgan fingerprint density at radius 1 is 0.446 bits per heavy atom. The molecule has 30 heteroatoms. The van der Waals surface area contributed by atoms with Crippen molar-refractivity contribution in [2.75, 3.05) is 43.4 Å². The van der Waals surface area contributed by atoms with Gasteiger partial charge in [-0.25, -0.2) is 34.5 Å². The van der Waals surface area contributed by atoms with Crippen LogP contribution in [0, 0.1) is 0 Å². The zero-order chi connectivity index (χ0) is 61.4. The summed E-state index contributed by atoms with van der Waals surface area (Å²) in [5, 5.41) is 18.9. The molecular formula is C53H51Cl9N16O5. The van der Waals surface area contributed by atoms with Gasteiger partial charge in [-0.2, -0.15) is 15.0 Å². The molecule has 0 aliphatic rings. The van der Waals surface area contributed by atoms with Gasteiger partial charge in [-0.1, -0.05) is 88.8 Å². The van der Waals surface area contributed by atoms with E-state index in [0.717, 1.165) is 5.69 Å². The highest BCUT2D eigenvalue weighted by molar-refractivity contribution is 6.41. The highest BCUT2D eigenvalue weighted by Gasteiger charge is 2.18. The minimum absolute atomic E-state index is 0.0833. The Morgan fingerprint density at radius 3 is 1.08 bits per heavy atom. The summed E-state index contributed by atoms with van der Waals surface area (Å²) in [6.45, 7) is 14.2. The number of halogens is 9. The number of aromatic nitrogens is 8. The molecule has 8 aromatic rings. The van der Waals surface area contributed by atoms with E-state index in [0.29, 0.717) is 77.4 Å². The Balaban J connectivity index is 0.000000229. The van der Waals surface area contributed by atoms with Gasteiger partial charge in [0.1, 0.15) is 26.3 Å². The molecule has 0 radical (unpaired) electrons. The molecule has 4 heterocycles. The summed E-state index contributed by atoms with van der Waals surface area (Å²) in [5.41, 5.74) is 15.4. The van der Waals surface area contributed by atoms with Gasteiger partial charge in [0.15, 0.2) is 22.6 Å². The molecule has 21 nitrogen and oxygen atoms in total. The second-order valence-electron chi connectivity index (χ2n) is 18.0. The van der Waals surface area contributed by atoms with E-state index in [1.165, 1.54) is 30.9 Å². The quantitative estimate of drug-likeness (QED) is 0.0273. The second-order valence-corrected chi connectivity index (χ2v) is 21.4. The SMILES string of the molecule is C=CC(=O)Nc1cccc(Nc2nc(Cl)ncc2Cl)c1.CC(C)(C)OC(=O)Nc1cccc(N)c1.CC(C)(C)OC(=O)Nc1cccc(Nc2nc(Cl)ncc2Cl)c1.Clc1ncc(Cl)c(Cl)n1.Nc1cccc(Nc2nc(Cl)ncc2Cl)c1. The predicted molar refractivity (Wildman–Crippen MR) is 336 cm³/mol. The third kappa shape index (κ3) is 27.0. The lowest BCUT2D eigenvalue weighted by atomic mass is 10.2. The fourth-order valence-corrected chi connectivity index (χ4v) is 6.87. The summed E-state index contributed by atoms with van der Waals surface area (Å²) >= 11 is 51.3. The van der Waals surface area contributed by atoms with E-state index in [9.17, 15) is 14.4 Å². The van der Waals surface area contributed by atoms with E-state index in [-0.39, 0.29) is 32.2 Å². The molecule has 4 aromatic carbocycles. The number of carbonyl (C=O) groups is 3. The predicted octanol–water partition coefficient (Wildman–Crippen LogP) is 16.7. The number of carbonyl (C=O) groups excluding carboxylic acids is 3. The average molecular weight is 1310 g/mol. The van der Waals surface area contributed by atoms with Crippen LogP contribution in [0.15, 0.2) is 135 Å². The molecular weight excluding hydrogens is 1260 g/mol. The number of nitrogens with one attached hydrogen (secondary N) is 6. The number of hydrogen-bond donors (Lipinski definition) is 8. The van der Waals surface area contributed by atoms with Crippen molar-refractivity contribution in [2.24, 2.45) is 0 Å². The molecule has 0 spiro atoms. The largest absolute Gasteiger partial charge is 0.444 e. The number of nitrogens with zero attached hydrogens (tertiary/aromatic N) is 8. The highest BCUT2D eigenvalue weighted by Crippen LogP contribution is 2.28. The number of ether oxygens (including phenoxy) is 2. The second kappa shape index (κ2) is 33.0. The van der Waals surface area contributed by atoms with Gasteiger partial charge >= 0.3 is 12.2 Å². The van der Waals surface area contributed by atoms with Crippen LogP contribution in [0.2, 0.25) is 46.4 Å². The van der Waals surface area contributed by atoms with Gasteiger partial charge in [0.2, 0.25) is 27.0 Å². The molecule has 3 amide bonds. The van der Waals surface area contributed by atoms with Crippen LogP contribution in [0.25, 0.3) is 0 Å². The molecule has 0 aliphatic carbocycles. The number of rotatable bonds is 10. The maximum absolute atomic E-state index is 11.8. The van der Waals surface area contributed by atoms with Crippen molar-refractivity contribution in [3.8, 4) is 0 Å². The first-order valence-corrected chi connectivity index (χ1v) is 27.0. The van der Waals surface area contributed by atoms with Gasteiger partial charge in [0.25, 0.3) is 0 Å². The topological polar surface area (TPSA) is 297 Å². The minimum atomic E-state index is -0.564. The van der Waals surface area contributed by atoms with Crippen molar-refractivity contribution in [3.63, 3.8) is 0 Å². The first-order valence-electron chi connectivity index (χ1n) is 23.6. The number of anilines is 11. The van der Waals surface area contributed by atoms with Crippen molar-refractivity contribution in [1.82, 2.24) is 39.9 Å². The molecule has 436 valence electrons. The third-order valence-corrected chi connectivity index (χ3v) is 11.1. The summed E-state index contributed by atoms with van der Waals surface area (Å²) in [4.78, 5) is 64.8. The normalized spacial score (nSPS) is 10.4. The van der Waals surface area contributed by atoms with Crippen LogP contribution < -0.4 is 43.4 Å². The molecule has 0 fully saturated rings. The lowest BCUT2D eigenvalue weighted by molar-refractivity contribution is -0.111. The van der Waals surface area contributed by atoms with E-state index in [1.54, 1.807) is 106 Å². The number of benzene rings is 4. The summed E-state index contributed by atoms with van der Waals surface area (Å²) in [7, 11) is 0. The fourth-order valence-electron chi connectivity index (χ4n) is 5.65. The van der Waals surface area contributed by atoms with Crippen LogP contribution in [0.1, 0.15) is 41.5 Å². The zero-order valence-corrected chi connectivity index (χ0v) is 51.3. The number of hydrogen-bond acceptors (Lipinski definition) is 18. The van der Waals surface area contributed by atoms with E-state index in [4.69, 9.17) is 125 Å². The fraction of sp³-hybridized carbons (Fsp3) is 0.151. The molecule has 8 rings (SSSR count). The lowest BCUT2D eigenvalue weighted by Gasteiger charge is -2.19. The monoisotopic (exact) mass is 1310 g/mol. The molecule has 0 unspecified atom stereocenters. The van der Waals surface area contributed by atoms with Gasteiger partial charge in [0.05, 0.1) is 29.8 Å².